The van der Waals surface area contributed by atoms with Gasteiger partial charge < -0.3 is 26.4 Å². The lowest BCUT2D eigenvalue weighted by molar-refractivity contribution is -0.675. The molecule has 1 aliphatic heterocycles. The summed E-state index contributed by atoms with van der Waals surface area (Å²) in [6.07, 6.45) is 7.77. The summed E-state index contributed by atoms with van der Waals surface area (Å²) in [4.78, 5) is 102. The molecule has 3 heterocycles. The molecule has 2 aliphatic rings. The maximum Gasteiger partial charge on any atom is 0.501 e. The molecule has 3 atom stereocenters. The largest absolute Gasteiger partial charge is 0.501 e. The molecule has 78 heavy (non-hydrogen) atoms. The lowest BCUT2D eigenvalue weighted by Crippen LogP contribution is -2.57. The van der Waals surface area contributed by atoms with Crippen molar-refractivity contribution in [1.29, 1.82) is 0 Å². The first-order valence-corrected chi connectivity index (χ1v) is 27.1. The minimum atomic E-state index is -5.92. The molecule has 2 aromatic carbocycles. The van der Waals surface area contributed by atoms with Crippen LogP contribution in [0.3, 0.4) is 0 Å². The van der Waals surface area contributed by atoms with E-state index in [0.29, 0.717) is 42.5 Å². The number of nitrogens with one attached hydrogen (secondary N) is 5. The van der Waals surface area contributed by atoms with Crippen molar-refractivity contribution < 1.29 is 74.0 Å². The first-order valence-electron chi connectivity index (χ1n) is 24.8. The second-order valence-corrected chi connectivity index (χ2v) is 21.9. The minimum Gasteiger partial charge on any atom is -0.481 e. The zero-order valence-electron chi connectivity index (χ0n) is 42.8. The van der Waals surface area contributed by atoms with Crippen LogP contribution in [0, 0.1) is 11.7 Å². The fourth-order valence-corrected chi connectivity index (χ4v) is 10.1. The molecule has 1 saturated carbocycles. The molecular weight excluding hydrogens is 1070 g/mol. The number of rotatable bonds is 25. The van der Waals surface area contributed by atoms with E-state index < -0.39 is 115 Å². The van der Waals surface area contributed by atoms with Gasteiger partial charge in [0.25, 0.3) is 21.7 Å². The number of tetrazole rings is 1. The van der Waals surface area contributed by atoms with Gasteiger partial charge in [-0.25, -0.2) is 27.8 Å². The Balaban J connectivity index is 1.11. The summed E-state index contributed by atoms with van der Waals surface area (Å²) in [6, 6.07) is 5.98. The Hall–Kier alpha value is -7.62. The molecular formula is C50H58F4N11O11S2+. The van der Waals surface area contributed by atoms with Crippen LogP contribution >= 0.6 is 11.8 Å². The number of carbonyl (C=O) groups excluding carboxylic acids is 7. The van der Waals surface area contributed by atoms with Gasteiger partial charge in [-0.05, 0) is 121 Å². The molecule has 7 amide bonds. The van der Waals surface area contributed by atoms with E-state index in [4.69, 9.17) is 0 Å². The maximum absolute atomic E-state index is 16.3. The summed E-state index contributed by atoms with van der Waals surface area (Å²) >= 11 is 0.751. The Morgan fingerprint density at radius 1 is 0.859 bits per heavy atom. The van der Waals surface area contributed by atoms with Crippen LogP contribution in [-0.2, 0) is 57.0 Å². The number of aliphatic carboxylic acids is 1. The summed E-state index contributed by atoms with van der Waals surface area (Å²) in [5, 5.41) is 33.2. The molecule has 0 spiro atoms. The van der Waals surface area contributed by atoms with Crippen LogP contribution in [0.25, 0.3) is 0 Å². The van der Waals surface area contributed by atoms with E-state index in [9.17, 15) is 65.1 Å². The van der Waals surface area contributed by atoms with Crippen molar-refractivity contribution in [3.63, 3.8) is 0 Å². The number of halogens is 4. The highest BCUT2D eigenvalue weighted by Crippen LogP contribution is 2.37. The zero-order chi connectivity index (χ0) is 57.1. The van der Waals surface area contributed by atoms with Crippen LogP contribution in [0.1, 0.15) is 112 Å². The number of pyridine rings is 1. The molecule has 1 aliphatic carbocycles. The fourth-order valence-electron chi connectivity index (χ4n) is 8.51. The van der Waals surface area contributed by atoms with Gasteiger partial charge in [0.15, 0.2) is 0 Å². The number of alkyl halides is 3. The van der Waals surface area contributed by atoms with E-state index >= 15 is 4.39 Å². The molecule has 0 bridgehead atoms. The van der Waals surface area contributed by atoms with Crippen LogP contribution in [0.2, 0.25) is 0 Å². The van der Waals surface area contributed by atoms with Gasteiger partial charge in [-0.1, -0.05) is 45.2 Å². The molecule has 28 heteroatoms. The van der Waals surface area contributed by atoms with Crippen LogP contribution in [0.4, 0.5) is 29.1 Å². The highest BCUT2D eigenvalue weighted by molar-refractivity contribution is 7.99. The molecule has 22 nitrogen and oxygen atoms in total. The number of anilines is 2. The minimum absolute atomic E-state index is 0.00944. The van der Waals surface area contributed by atoms with Crippen molar-refractivity contribution in [3.05, 3.63) is 89.4 Å². The summed E-state index contributed by atoms with van der Waals surface area (Å²) in [5.74, 6) is -7.86. The summed E-state index contributed by atoms with van der Waals surface area (Å²) in [6.45, 7) is 4.73. The van der Waals surface area contributed by atoms with Gasteiger partial charge in [0, 0.05) is 49.2 Å². The predicted octanol–water partition coefficient (Wildman–Crippen LogP) is 4.46. The summed E-state index contributed by atoms with van der Waals surface area (Å²) in [7, 11) is -4.46. The third-order valence-electron chi connectivity index (χ3n) is 12.8. The SMILES string of the molecule is CC(C)[C@H](NC(=O)[C@H](CCC(=O)O)NC(=O)CCCCCN1C(=O)C=CC1=O)C(=O)N[C@@H](C)C(=O)Nc1ccc(C[n+]2cc(C3CCCC3)cc(F)c2NC(=O)c2cc(S(=O)(=O)C(F)(F)F)ccc2Sc2nnnn2C)cc1. The number of unbranched alkanes of at least 4 members (excludes halogenated alkanes) is 2. The number of carbonyl (C=O) groups is 8. The molecule has 0 saturated heterocycles. The van der Waals surface area contributed by atoms with Crippen LogP contribution in [0.15, 0.2) is 81.8 Å². The van der Waals surface area contributed by atoms with Crippen LogP contribution in [-0.4, -0.2) is 116 Å². The Kier molecular flexibility index (Phi) is 20.0. The Morgan fingerprint density at radius 3 is 2.15 bits per heavy atom. The fraction of sp³-hybridized carbons (Fsp3) is 0.440. The van der Waals surface area contributed by atoms with E-state index in [1.165, 1.54) is 53.6 Å². The van der Waals surface area contributed by atoms with Crippen LogP contribution in [0.5, 0.6) is 0 Å². The number of sulfone groups is 1. The summed E-state index contributed by atoms with van der Waals surface area (Å²) < 4.78 is 85.0. The number of carboxylic acid groups (broad SMARTS) is 1. The average molecular weight is 1130 g/mol. The van der Waals surface area contributed by atoms with Gasteiger partial charge in [-0.2, -0.15) is 17.6 Å². The predicted molar refractivity (Wildman–Crippen MR) is 270 cm³/mol. The van der Waals surface area contributed by atoms with Gasteiger partial charge in [-0.15, -0.1) is 5.10 Å². The molecule has 2 aromatic heterocycles. The van der Waals surface area contributed by atoms with Crippen molar-refractivity contribution in [1.82, 2.24) is 41.1 Å². The van der Waals surface area contributed by atoms with Crippen molar-refractivity contribution in [2.24, 2.45) is 13.0 Å². The second kappa shape index (κ2) is 26.2. The number of benzene rings is 2. The highest BCUT2D eigenvalue weighted by atomic mass is 32.2. The number of hydrogen-bond acceptors (Lipinski definition) is 14. The van der Waals surface area contributed by atoms with E-state index in [-0.39, 0.29) is 47.6 Å². The number of carboxylic acids is 1. The van der Waals surface area contributed by atoms with Crippen molar-refractivity contribution in [3.8, 4) is 0 Å². The number of amides is 7. The quantitative estimate of drug-likeness (QED) is 0.0231. The summed E-state index contributed by atoms with van der Waals surface area (Å²) in [5.41, 5.74) is -4.83. The number of aryl methyl sites for hydroxylation is 1. The van der Waals surface area contributed by atoms with Crippen molar-refractivity contribution >= 4 is 80.4 Å². The van der Waals surface area contributed by atoms with E-state index in [1.807, 2.05) is 0 Å². The zero-order valence-corrected chi connectivity index (χ0v) is 44.4. The van der Waals surface area contributed by atoms with Crippen LogP contribution < -0.4 is 31.2 Å². The number of aromatic nitrogens is 5. The second-order valence-electron chi connectivity index (χ2n) is 19.0. The van der Waals surface area contributed by atoms with Crippen molar-refractivity contribution in [2.45, 2.75) is 136 Å². The smallest absolute Gasteiger partial charge is 0.481 e. The maximum atomic E-state index is 16.3. The van der Waals surface area contributed by atoms with E-state index in [2.05, 4.69) is 42.1 Å². The third kappa shape index (κ3) is 15.5. The van der Waals surface area contributed by atoms with Crippen molar-refractivity contribution in [2.75, 3.05) is 17.2 Å². The molecule has 418 valence electrons. The first kappa shape index (κ1) is 59.6. The Labute approximate surface area is 449 Å². The first-order chi connectivity index (χ1) is 36.8. The highest BCUT2D eigenvalue weighted by Gasteiger charge is 2.47. The van der Waals surface area contributed by atoms with Gasteiger partial charge in [0.1, 0.15) is 24.7 Å². The number of nitrogens with zero attached hydrogens (tertiary/aromatic N) is 6. The topological polar surface area (TPSA) is 302 Å². The van der Waals surface area contributed by atoms with Gasteiger partial charge in [0.2, 0.25) is 34.6 Å². The monoisotopic (exact) mass is 1130 g/mol. The number of imide groups is 1. The molecule has 6 rings (SSSR count). The normalized spacial score (nSPS) is 15.0. The molecule has 4 aromatic rings. The molecule has 1 fully saturated rings. The van der Waals surface area contributed by atoms with Gasteiger partial charge in [-0.3, -0.25) is 38.5 Å². The van der Waals surface area contributed by atoms with Gasteiger partial charge in [0.05, 0.1) is 16.7 Å². The Morgan fingerprint density at radius 2 is 1.54 bits per heavy atom. The molecule has 6 N–H and O–H groups in total. The lowest BCUT2D eigenvalue weighted by atomic mass is 9.99. The van der Waals surface area contributed by atoms with E-state index in [1.54, 1.807) is 32.2 Å². The third-order valence-corrected chi connectivity index (χ3v) is 15.4. The average Bonchev–Trinajstić information content (AvgIpc) is 4.15. The standard InChI is InChI=1S/C50H57F4N11O11S2/c1-28(2)43(58-47(73)37(18-22-42(69)70)57-39(66)12-6-5-9-23-65-40(67)20-21-41(65)68)48(74)55-29(3)45(71)56-33-15-13-30(14-16-33)26-64-27-32(31-10-7-8-11-31)24-36(51)44(64)59-46(72)35-25-34(78(75,76)50(52,53)54)17-19-38(35)77-49-60-61-62-63(49)4/h13-17,19-21,24-25,27-29,31,37,43H,5-12,18,22-23,26H2,1-4H3,(H5,55,56,57,58,66,69,70,71,73,74)/p+1/t29-,37-,43-/m0/s1. The van der Waals surface area contributed by atoms with E-state index in [0.717, 1.165) is 48.4 Å². The molecule has 0 unspecified atom stereocenters. The Bertz CT molecular complexity index is 3060. The van der Waals surface area contributed by atoms with Gasteiger partial charge >= 0.3 is 23.2 Å². The number of hydrogen-bond donors (Lipinski definition) is 6. The lowest BCUT2D eigenvalue weighted by Gasteiger charge is -2.26. The molecule has 0 radical (unpaired) electrons.